The van der Waals surface area contributed by atoms with E-state index in [1.54, 1.807) is 0 Å². The van der Waals surface area contributed by atoms with Crippen molar-refractivity contribution in [2.24, 2.45) is 10.9 Å². The summed E-state index contributed by atoms with van der Waals surface area (Å²) < 4.78 is 0. The number of amides is 1. The molecule has 0 saturated carbocycles. The van der Waals surface area contributed by atoms with Crippen LogP contribution in [-0.2, 0) is 4.79 Å². The lowest BCUT2D eigenvalue weighted by Crippen LogP contribution is -2.46. The van der Waals surface area contributed by atoms with Gasteiger partial charge in [-0.3, -0.25) is 14.7 Å². The number of carbonyl (C=O) groups excluding carboxylic acids is 1. The van der Waals surface area contributed by atoms with Crippen molar-refractivity contribution in [2.45, 2.75) is 39.7 Å². The summed E-state index contributed by atoms with van der Waals surface area (Å²) >= 11 is 1.84. The number of likely N-dealkylation sites (N-methyl/N-ethyl adjacent to an activating group) is 2. The predicted molar refractivity (Wildman–Crippen MR) is 119 cm³/mol. The molecule has 0 spiro atoms. The van der Waals surface area contributed by atoms with Gasteiger partial charge in [0, 0.05) is 44.1 Å². The molecule has 6 nitrogen and oxygen atoms in total. The molecule has 0 radical (unpaired) electrons. The number of aliphatic imine (C=N–C) groups is 1. The standard InChI is InChI=1S/C21H37N5OS/c1-6-22-21(25(5)16-19(27)26(7-2)8-3)23-15-17-11-9-13-24(4)20(17)18-12-10-14-28-18/h10,12,14,17,20H,6-9,11,13,15-16H2,1-5H3,(H,22,23). The van der Waals surface area contributed by atoms with Crippen LogP contribution in [0.3, 0.4) is 0 Å². The maximum Gasteiger partial charge on any atom is 0.242 e. The van der Waals surface area contributed by atoms with E-state index in [0.717, 1.165) is 38.7 Å². The lowest BCUT2D eigenvalue weighted by molar-refractivity contribution is -0.131. The van der Waals surface area contributed by atoms with Crippen molar-refractivity contribution in [3.63, 3.8) is 0 Å². The van der Waals surface area contributed by atoms with E-state index < -0.39 is 0 Å². The van der Waals surface area contributed by atoms with Gasteiger partial charge >= 0.3 is 0 Å². The molecule has 2 atom stereocenters. The number of nitrogens with one attached hydrogen (secondary N) is 1. The van der Waals surface area contributed by atoms with Gasteiger partial charge < -0.3 is 15.1 Å². The van der Waals surface area contributed by atoms with Crippen LogP contribution in [0, 0.1) is 5.92 Å². The molecular formula is C21H37N5OS. The van der Waals surface area contributed by atoms with Crippen LogP contribution in [-0.4, -0.2) is 79.9 Å². The average molecular weight is 408 g/mol. The van der Waals surface area contributed by atoms with Gasteiger partial charge in [0.15, 0.2) is 5.96 Å². The highest BCUT2D eigenvalue weighted by Gasteiger charge is 2.31. The normalized spacial score (nSPS) is 20.8. The second kappa shape index (κ2) is 11.4. The smallest absolute Gasteiger partial charge is 0.242 e. The summed E-state index contributed by atoms with van der Waals surface area (Å²) in [4.78, 5) is 25.1. The monoisotopic (exact) mass is 407 g/mol. The SMILES string of the molecule is CCNC(=NCC1CCCN(C)C1c1cccs1)N(C)CC(=O)N(CC)CC. The average Bonchev–Trinajstić information content (AvgIpc) is 3.20. The summed E-state index contributed by atoms with van der Waals surface area (Å²) in [6.45, 7) is 10.7. The van der Waals surface area contributed by atoms with Gasteiger partial charge in [0.1, 0.15) is 0 Å². The number of guanidine groups is 1. The molecule has 1 aromatic heterocycles. The Morgan fingerprint density at radius 2 is 2.11 bits per heavy atom. The summed E-state index contributed by atoms with van der Waals surface area (Å²) in [6, 6.07) is 4.82. The lowest BCUT2D eigenvalue weighted by Gasteiger charge is -2.38. The number of likely N-dealkylation sites (tertiary alicyclic amines) is 1. The van der Waals surface area contributed by atoms with Crippen LogP contribution in [0.4, 0.5) is 0 Å². The minimum absolute atomic E-state index is 0.145. The van der Waals surface area contributed by atoms with E-state index in [4.69, 9.17) is 4.99 Å². The van der Waals surface area contributed by atoms with Crippen LogP contribution in [0.2, 0.25) is 0 Å². The first-order valence-corrected chi connectivity index (χ1v) is 11.4. The topological polar surface area (TPSA) is 51.2 Å². The molecule has 28 heavy (non-hydrogen) atoms. The Bertz CT molecular complexity index is 614. The molecule has 1 N–H and O–H groups in total. The Balaban J connectivity index is 2.08. The molecule has 0 aliphatic carbocycles. The summed E-state index contributed by atoms with van der Waals surface area (Å²) in [5, 5.41) is 5.52. The summed E-state index contributed by atoms with van der Waals surface area (Å²) in [5.41, 5.74) is 0. The first-order chi connectivity index (χ1) is 13.5. The van der Waals surface area contributed by atoms with Gasteiger partial charge in [-0.15, -0.1) is 11.3 Å². The second-order valence-corrected chi connectivity index (χ2v) is 8.44. The number of thiophene rings is 1. The summed E-state index contributed by atoms with van der Waals surface area (Å²) in [7, 11) is 4.17. The molecule has 0 bridgehead atoms. The van der Waals surface area contributed by atoms with E-state index in [2.05, 4.69) is 41.7 Å². The molecule has 1 aromatic rings. The maximum absolute atomic E-state index is 12.5. The van der Waals surface area contributed by atoms with Crippen molar-refractivity contribution < 1.29 is 4.79 Å². The van der Waals surface area contributed by atoms with Gasteiger partial charge in [0.2, 0.25) is 5.91 Å². The van der Waals surface area contributed by atoms with E-state index in [9.17, 15) is 4.79 Å². The molecule has 2 heterocycles. The molecule has 1 aliphatic rings. The maximum atomic E-state index is 12.5. The fraction of sp³-hybridized carbons (Fsp3) is 0.714. The van der Waals surface area contributed by atoms with Crippen LogP contribution < -0.4 is 5.32 Å². The van der Waals surface area contributed by atoms with Crippen molar-refractivity contribution in [1.82, 2.24) is 20.0 Å². The van der Waals surface area contributed by atoms with Gasteiger partial charge in [-0.05, 0) is 64.6 Å². The van der Waals surface area contributed by atoms with Crippen molar-refractivity contribution in [3.05, 3.63) is 22.4 Å². The fourth-order valence-corrected chi connectivity index (χ4v) is 4.97. The third-order valence-corrected chi connectivity index (χ3v) is 6.45. The van der Waals surface area contributed by atoms with E-state index >= 15 is 0 Å². The number of hydrogen-bond acceptors (Lipinski definition) is 4. The van der Waals surface area contributed by atoms with Gasteiger partial charge in [-0.2, -0.15) is 0 Å². The quantitative estimate of drug-likeness (QED) is 0.532. The van der Waals surface area contributed by atoms with E-state index in [-0.39, 0.29) is 5.91 Å². The molecule has 158 valence electrons. The number of hydrogen-bond donors (Lipinski definition) is 1. The highest BCUT2D eigenvalue weighted by atomic mass is 32.1. The minimum Gasteiger partial charge on any atom is -0.357 e. The molecule has 7 heteroatoms. The molecule has 1 aliphatic heterocycles. The summed E-state index contributed by atoms with van der Waals surface area (Å²) in [5.74, 6) is 1.46. The second-order valence-electron chi connectivity index (χ2n) is 7.46. The fourth-order valence-electron chi connectivity index (χ4n) is 3.99. The largest absolute Gasteiger partial charge is 0.357 e. The number of rotatable bonds is 8. The first kappa shape index (κ1) is 22.7. The van der Waals surface area contributed by atoms with Crippen LogP contribution in [0.25, 0.3) is 0 Å². The van der Waals surface area contributed by atoms with Crippen LogP contribution >= 0.6 is 11.3 Å². The molecule has 0 aromatic carbocycles. The zero-order valence-corrected chi connectivity index (χ0v) is 19.0. The Hall–Kier alpha value is -1.60. The van der Waals surface area contributed by atoms with Crippen molar-refractivity contribution in [1.29, 1.82) is 0 Å². The highest BCUT2D eigenvalue weighted by molar-refractivity contribution is 7.10. The molecule has 2 rings (SSSR count). The predicted octanol–water partition coefficient (Wildman–Crippen LogP) is 2.90. The number of piperidine rings is 1. The van der Waals surface area contributed by atoms with E-state index in [1.165, 1.54) is 17.7 Å². The van der Waals surface area contributed by atoms with E-state index in [0.29, 0.717) is 18.5 Å². The Morgan fingerprint density at radius 1 is 1.36 bits per heavy atom. The van der Waals surface area contributed by atoms with Crippen molar-refractivity contribution in [3.8, 4) is 0 Å². The van der Waals surface area contributed by atoms with Crippen LogP contribution in [0.5, 0.6) is 0 Å². The van der Waals surface area contributed by atoms with Crippen molar-refractivity contribution >= 4 is 23.2 Å². The highest BCUT2D eigenvalue weighted by Crippen LogP contribution is 2.37. The van der Waals surface area contributed by atoms with Gasteiger partial charge in [0.25, 0.3) is 0 Å². The number of nitrogens with zero attached hydrogens (tertiary/aromatic N) is 4. The van der Waals surface area contributed by atoms with E-state index in [1.807, 2.05) is 42.0 Å². The minimum atomic E-state index is 0.145. The summed E-state index contributed by atoms with van der Waals surface area (Å²) in [6.07, 6.45) is 2.41. The molecule has 1 fully saturated rings. The Labute approximate surface area is 174 Å². The lowest BCUT2D eigenvalue weighted by atomic mass is 9.88. The van der Waals surface area contributed by atoms with Gasteiger partial charge in [0.05, 0.1) is 6.54 Å². The number of carbonyl (C=O) groups is 1. The Kier molecular flexibility index (Phi) is 9.25. The van der Waals surface area contributed by atoms with Crippen LogP contribution in [0.1, 0.15) is 44.5 Å². The molecular weight excluding hydrogens is 370 g/mol. The third kappa shape index (κ3) is 5.95. The van der Waals surface area contributed by atoms with Crippen LogP contribution in [0.15, 0.2) is 22.5 Å². The zero-order valence-electron chi connectivity index (χ0n) is 18.1. The van der Waals surface area contributed by atoms with Crippen molar-refractivity contribution in [2.75, 3.05) is 53.4 Å². The molecule has 2 unspecified atom stereocenters. The molecule has 1 saturated heterocycles. The van der Waals surface area contributed by atoms with Gasteiger partial charge in [-0.25, -0.2) is 0 Å². The zero-order chi connectivity index (χ0) is 20.5. The first-order valence-electron chi connectivity index (χ1n) is 10.5. The molecule has 1 amide bonds. The Morgan fingerprint density at radius 3 is 2.71 bits per heavy atom. The third-order valence-electron chi connectivity index (χ3n) is 5.50. The van der Waals surface area contributed by atoms with Gasteiger partial charge in [-0.1, -0.05) is 6.07 Å².